The maximum absolute atomic E-state index is 12.4. The average molecular weight is 382 g/mol. The number of rotatable bonds is 6. The molecule has 1 fully saturated rings. The minimum absolute atomic E-state index is 0.0935. The van der Waals surface area contributed by atoms with E-state index in [0.717, 1.165) is 5.75 Å². The summed E-state index contributed by atoms with van der Waals surface area (Å²) < 4.78 is 16.1. The van der Waals surface area contributed by atoms with Crippen LogP contribution in [0.5, 0.6) is 17.2 Å². The molecule has 2 unspecified atom stereocenters. The molecule has 0 bridgehead atoms. The Morgan fingerprint density at radius 1 is 0.929 bits per heavy atom. The van der Waals surface area contributed by atoms with E-state index in [1.165, 1.54) is 0 Å². The number of amides is 2. The van der Waals surface area contributed by atoms with Gasteiger partial charge >= 0.3 is 0 Å². The second-order valence-corrected chi connectivity index (χ2v) is 7.19. The lowest BCUT2D eigenvalue weighted by Crippen LogP contribution is -2.20. The van der Waals surface area contributed by atoms with Gasteiger partial charge in [0.25, 0.3) is 0 Å². The van der Waals surface area contributed by atoms with Crippen LogP contribution < -0.4 is 24.8 Å². The average Bonchev–Trinajstić information content (AvgIpc) is 3.34. The first kappa shape index (κ1) is 18.2. The normalized spacial score (nSPS) is 19.2. The van der Waals surface area contributed by atoms with E-state index >= 15 is 0 Å². The summed E-state index contributed by atoms with van der Waals surface area (Å²) in [6.07, 6.45) is 0.632. The van der Waals surface area contributed by atoms with E-state index in [-0.39, 0.29) is 36.5 Å². The van der Waals surface area contributed by atoms with Gasteiger partial charge in [-0.05, 0) is 56.7 Å². The molecule has 1 aliphatic heterocycles. The van der Waals surface area contributed by atoms with Crippen LogP contribution in [0.25, 0.3) is 0 Å². The lowest BCUT2D eigenvalue weighted by molar-refractivity contribution is -0.122. The lowest BCUT2D eigenvalue weighted by Gasteiger charge is -2.10. The Balaban J connectivity index is 1.29. The summed E-state index contributed by atoms with van der Waals surface area (Å²) >= 11 is 0. The monoisotopic (exact) mass is 382 g/mol. The molecular weight excluding hydrogens is 360 g/mol. The van der Waals surface area contributed by atoms with Crippen molar-refractivity contribution in [2.75, 3.05) is 17.4 Å². The van der Waals surface area contributed by atoms with Crippen molar-refractivity contribution >= 4 is 23.2 Å². The first-order chi connectivity index (χ1) is 13.5. The summed E-state index contributed by atoms with van der Waals surface area (Å²) in [4.78, 5) is 24.8. The zero-order valence-corrected chi connectivity index (χ0v) is 15.7. The van der Waals surface area contributed by atoms with Crippen LogP contribution in [0.2, 0.25) is 0 Å². The van der Waals surface area contributed by atoms with E-state index in [0.29, 0.717) is 29.3 Å². The van der Waals surface area contributed by atoms with Gasteiger partial charge in [-0.3, -0.25) is 9.59 Å². The van der Waals surface area contributed by atoms with E-state index in [4.69, 9.17) is 14.2 Å². The maximum atomic E-state index is 12.4. The number of fused-ring (bicyclic) bond motifs is 1. The molecule has 28 heavy (non-hydrogen) atoms. The SMILES string of the molecule is CC(C)Oc1ccc(NC(=O)C2CC2C(=O)Nc2ccc3c(c2)OCO3)cc1. The fourth-order valence-corrected chi connectivity index (χ4v) is 3.11. The Morgan fingerprint density at radius 2 is 1.54 bits per heavy atom. The first-order valence-corrected chi connectivity index (χ1v) is 9.27. The summed E-state index contributed by atoms with van der Waals surface area (Å²) in [7, 11) is 0. The van der Waals surface area contributed by atoms with Crippen LogP contribution in [-0.2, 0) is 9.59 Å². The van der Waals surface area contributed by atoms with E-state index < -0.39 is 0 Å². The largest absolute Gasteiger partial charge is 0.491 e. The predicted octanol–water partition coefficient (Wildman–Crippen LogP) is 3.42. The van der Waals surface area contributed by atoms with Crippen molar-refractivity contribution in [2.45, 2.75) is 26.4 Å². The number of benzene rings is 2. The molecule has 0 spiro atoms. The standard InChI is InChI=1S/C21H22N2O5/c1-12(2)28-15-6-3-13(4-7-15)22-20(24)16-10-17(16)21(25)23-14-5-8-18-19(9-14)27-11-26-18/h3-9,12,16-17H,10-11H2,1-2H3,(H,22,24)(H,23,25). The third-order valence-corrected chi connectivity index (χ3v) is 4.60. The van der Waals surface area contributed by atoms with Gasteiger partial charge < -0.3 is 24.8 Å². The zero-order chi connectivity index (χ0) is 19.7. The van der Waals surface area contributed by atoms with Crippen LogP contribution in [0.1, 0.15) is 20.3 Å². The molecule has 1 aliphatic carbocycles. The molecule has 4 rings (SSSR count). The van der Waals surface area contributed by atoms with Crippen LogP contribution >= 0.6 is 0 Å². The highest BCUT2D eigenvalue weighted by molar-refractivity contribution is 6.03. The van der Waals surface area contributed by atoms with Gasteiger partial charge in [-0.1, -0.05) is 0 Å². The highest BCUT2D eigenvalue weighted by Crippen LogP contribution is 2.41. The van der Waals surface area contributed by atoms with Crippen molar-refractivity contribution in [1.82, 2.24) is 0 Å². The molecule has 0 aromatic heterocycles. The highest BCUT2D eigenvalue weighted by atomic mass is 16.7. The second kappa shape index (κ2) is 7.42. The Hall–Kier alpha value is -3.22. The van der Waals surface area contributed by atoms with Crippen LogP contribution in [0.15, 0.2) is 42.5 Å². The summed E-state index contributed by atoms with van der Waals surface area (Å²) in [5, 5.41) is 5.69. The van der Waals surface area contributed by atoms with Crippen molar-refractivity contribution in [2.24, 2.45) is 11.8 Å². The Bertz CT molecular complexity index is 894. The molecule has 146 valence electrons. The van der Waals surface area contributed by atoms with Crippen molar-refractivity contribution in [3.8, 4) is 17.2 Å². The number of nitrogens with one attached hydrogen (secondary N) is 2. The third-order valence-electron chi connectivity index (χ3n) is 4.60. The number of hydrogen-bond acceptors (Lipinski definition) is 5. The number of carbonyl (C=O) groups is 2. The Kier molecular flexibility index (Phi) is 4.81. The molecule has 2 amide bonds. The van der Waals surface area contributed by atoms with Crippen molar-refractivity contribution in [3.63, 3.8) is 0 Å². The molecule has 7 heteroatoms. The molecule has 2 aromatic carbocycles. The zero-order valence-electron chi connectivity index (χ0n) is 15.7. The molecule has 0 saturated heterocycles. The number of carbonyl (C=O) groups excluding carboxylic acids is 2. The molecular formula is C21H22N2O5. The lowest BCUT2D eigenvalue weighted by atomic mass is 10.2. The van der Waals surface area contributed by atoms with Crippen LogP contribution in [0.3, 0.4) is 0 Å². The summed E-state index contributed by atoms with van der Waals surface area (Å²) in [5.74, 6) is 1.05. The fraction of sp³-hybridized carbons (Fsp3) is 0.333. The van der Waals surface area contributed by atoms with Crippen LogP contribution in [-0.4, -0.2) is 24.7 Å². The van der Waals surface area contributed by atoms with E-state index in [9.17, 15) is 9.59 Å². The van der Waals surface area contributed by atoms with Gasteiger partial charge in [-0.2, -0.15) is 0 Å². The topological polar surface area (TPSA) is 85.9 Å². The van der Waals surface area contributed by atoms with Crippen molar-refractivity contribution in [1.29, 1.82) is 0 Å². The molecule has 1 saturated carbocycles. The minimum Gasteiger partial charge on any atom is -0.491 e. The van der Waals surface area contributed by atoms with Gasteiger partial charge in [-0.15, -0.1) is 0 Å². The summed E-state index contributed by atoms with van der Waals surface area (Å²) in [6, 6.07) is 12.4. The van der Waals surface area contributed by atoms with Gasteiger partial charge in [0.2, 0.25) is 18.6 Å². The summed E-state index contributed by atoms with van der Waals surface area (Å²) in [6.45, 7) is 4.09. The van der Waals surface area contributed by atoms with Crippen LogP contribution in [0, 0.1) is 11.8 Å². The molecule has 0 radical (unpaired) electrons. The van der Waals surface area contributed by atoms with Crippen molar-refractivity contribution in [3.05, 3.63) is 42.5 Å². The van der Waals surface area contributed by atoms with Gasteiger partial charge in [-0.25, -0.2) is 0 Å². The smallest absolute Gasteiger partial charge is 0.231 e. The number of hydrogen-bond donors (Lipinski definition) is 2. The van der Waals surface area contributed by atoms with Gasteiger partial charge in [0.1, 0.15) is 5.75 Å². The molecule has 2 aliphatic rings. The Morgan fingerprint density at radius 3 is 2.21 bits per heavy atom. The first-order valence-electron chi connectivity index (χ1n) is 9.27. The summed E-state index contributed by atoms with van der Waals surface area (Å²) in [5.41, 5.74) is 1.31. The molecule has 2 atom stereocenters. The van der Waals surface area contributed by atoms with Gasteiger partial charge in [0.05, 0.1) is 17.9 Å². The highest BCUT2D eigenvalue weighted by Gasteiger charge is 2.48. The molecule has 7 nitrogen and oxygen atoms in total. The van der Waals surface area contributed by atoms with Gasteiger partial charge in [0, 0.05) is 17.4 Å². The third kappa shape index (κ3) is 4.03. The van der Waals surface area contributed by atoms with E-state index in [1.807, 2.05) is 26.0 Å². The molecule has 2 N–H and O–H groups in total. The predicted molar refractivity (Wildman–Crippen MR) is 104 cm³/mol. The minimum atomic E-state index is -0.325. The number of anilines is 2. The fourth-order valence-electron chi connectivity index (χ4n) is 3.11. The Labute approximate surface area is 163 Å². The van der Waals surface area contributed by atoms with Gasteiger partial charge in [0.15, 0.2) is 11.5 Å². The second-order valence-electron chi connectivity index (χ2n) is 7.19. The van der Waals surface area contributed by atoms with E-state index in [2.05, 4.69) is 10.6 Å². The van der Waals surface area contributed by atoms with Crippen LogP contribution in [0.4, 0.5) is 11.4 Å². The quantitative estimate of drug-likeness (QED) is 0.800. The van der Waals surface area contributed by atoms with E-state index in [1.54, 1.807) is 30.3 Å². The maximum Gasteiger partial charge on any atom is 0.231 e. The molecule has 2 aromatic rings. The van der Waals surface area contributed by atoms with Crippen molar-refractivity contribution < 1.29 is 23.8 Å². The number of ether oxygens (including phenoxy) is 3. The molecule has 1 heterocycles.